The number of hydrogen-bond donors (Lipinski definition) is 0. The lowest BCUT2D eigenvalue weighted by molar-refractivity contribution is -0.170. The Balaban J connectivity index is -0.000000122. The van der Waals surface area contributed by atoms with Gasteiger partial charge in [0.15, 0.2) is 0 Å². The summed E-state index contributed by atoms with van der Waals surface area (Å²) in [6, 6.07) is 0. The minimum Gasteiger partial charge on any atom is -0.212 e. The number of alkyl halides is 19. The molecule has 0 aliphatic rings. The van der Waals surface area contributed by atoms with Gasteiger partial charge >= 0.3 is 21.0 Å². The van der Waals surface area contributed by atoms with E-state index in [1.54, 1.807) is 0 Å². The van der Waals surface area contributed by atoms with Crippen LogP contribution in [0, 0.1) is 0 Å². The van der Waals surface area contributed by atoms with Gasteiger partial charge in [0.05, 0.1) is 0 Å². The van der Waals surface area contributed by atoms with E-state index in [4.69, 9.17) is 0 Å². The van der Waals surface area contributed by atoms with E-state index in [0.29, 0.717) is 0 Å². The molecule has 0 bridgehead atoms. The molecule has 0 saturated carbocycles. The van der Waals surface area contributed by atoms with Crippen molar-refractivity contribution in [2.45, 2.75) is 29.9 Å². The lowest BCUT2D eigenvalue weighted by Crippen LogP contribution is -2.28. The molecule has 158 valence electrons. The van der Waals surface area contributed by atoms with Crippen molar-refractivity contribution in [2.75, 3.05) is 0 Å². The number of halogens is 19. The number of rotatable bonds is 0. The van der Waals surface area contributed by atoms with Gasteiger partial charge in [0, 0.05) is 0 Å². The van der Waals surface area contributed by atoms with Crippen molar-refractivity contribution < 1.29 is 39.5 Å². The summed E-state index contributed by atoms with van der Waals surface area (Å²) in [5, 5.41) is -1.72. The highest BCUT2D eigenvalue weighted by atomic mass is 35.6. The van der Waals surface area contributed by atoms with Crippen molar-refractivity contribution in [1.29, 1.82) is 0 Å². The zero-order chi connectivity index (χ0) is 22.1. The fourth-order valence-corrected chi connectivity index (χ4v) is 0. The fraction of sp³-hybridized carbons (Fsp3) is 1.00. The van der Waals surface area contributed by atoms with Crippen molar-refractivity contribution >= 4 is 116 Å². The molecule has 0 aromatic heterocycles. The molecule has 0 heterocycles. The molecule has 0 radical (unpaired) electrons. The summed E-state index contributed by atoms with van der Waals surface area (Å²) in [5.41, 5.74) is 0. The first-order valence-corrected chi connectivity index (χ1v) is 8.07. The molecule has 0 fully saturated rings. The van der Waals surface area contributed by atoms with E-state index in [2.05, 4.69) is 116 Å². The van der Waals surface area contributed by atoms with Crippen LogP contribution in [0.2, 0.25) is 0 Å². The maximum Gasteiger partial charge on any atom is 0.452 e. The first kappa shape index (κ1) is 34.8. The van der Waals surface area contributed by atoms with E-state index in [0.717, 1.165) is 0 Å². The molecular formula is C6HCl10F9. The summed E-state index contributed by atoms with van der Waals surface area (Å²) in [5.74, 6) is 0. The van der Waals surface area contributed by atoms with E-state index in [-0.39, 0.29) is 0 Å². The van der Waals surface area contributed by atoms with Crippen molar-refractivity contribution in [1.82, 2.24) is 0 Å². The van der Waals surface area contributed by atoms with Gasteiger partial charge in [-0.1, -0.05) is 81.2 Å². The van der Waals surface area contributed by atoms with Crippen LogP contribution < -0.4 is 0 Å². The van der Waals surface area contributed by atoms with Crippen molar-refractivity contribution in [2.24, 2.45) is 0 Å². The molecule has 0 saturated heterocycles. The molecule has 0 aliphatic carbocycles. The van der Waals surface area contributed by atoms with Crippen molar-refractivity contribution in [3.63, 3.8) is 0 Å². The third-order valence-corrected chi connectivity index (χ3v) is 1.71. The maximum atomic E-state index is 11.3. The molecule has 0 aromatic carbocycles. The zero-order valence-electron chi connectivity index (χ0n) is 10.3. The highest BCUT2D eigenvalue weighted by Crippen LogP contribution is 2.43. The van der Waals surface area contributed by atoms with Gasteiger partial charge < -0.3 is 0 Å². The van der Waals surface area contributed by atoms with E-state index >= 15 is 0 Å². The van der Waals surface area contributed by atoms with Crippen LogP contribution in [0.5, 0.6) is 0 Å². The summed E-state index contributed by atoms with van der Waals surface area (Å²) in [7, 11) is 0. The highest BCUT2D eigenvalue weighted by molar-refractivity contribution is 6.68. The lowest BCUT2D eigenvalue weighted by atomic mass is 10.7. The molecule has 0 nitrogen and oxygen atoms in total. The standard InChI is InChI=1S/C2Cl3F3.C2Cl2F4.CCl3F.CHCl2F/c2*3-1(4,5)2(6,7)8;2-1(3,4)5;2-1(3)4/h;;;1H. The Kier molecular flexibility index (Phi) is 18.7. The molecular weight excluding hydrogens is 598 g/mol. The molecule has 19 heteroatoms. The van der Waals surface area contributed by atoms with Crippen molar-refractivity contribution in [3.05, 3.63) is 0 Å². The van der Waals surface area contributed by atoms with E-state index < -0.39 is 29.9 Å². The van der Waals surface area contributed by atoms with Gasteiger partial charge in [0.1, 0.15) is 0 Å². The first-order chi connectivity index (χ1) is 10.2. The van der Waals surface area contributed by atoms with Crippen molar-refractivity contribution in [3.8, 4) is 0 Å². The van der Waals surface area contributed by atoms with Gasteiger partial charge in [-0.15, -0.1) is 0 Å². The van der Waals surface area contributed by atoms with Gasteiger partial charge in [0.25, 0.3) is 3.79 Å². The summed E-state index contributed by atoms with van der Waals surface area (Å²) >= 11 is 43.1. The van der Waals surface area contributed by atoms with Crippen LogP contribution in [0.1, 0.15) is 0 Å². The molecule has 0 N–H and O–H groups in total. The van der Waals surface area contributed by atoms with Crippen LogP contribution in [0.4, 0.5) is 39.5 Å². The largest absolute Gasteiger partial charge is 0.452 e. The summed E-state index contributed by atoms with van der Waals surface area (Å²) in [6.45, 7) is 0. The monoisotopic (exact) mass is 594 g/mol. The second-order valence-electron chi connectivity index (χ2n) is 2.67. The second kappa shape index (κ2) is 13.5. The van der Waals surface area contributed by atoms with Crippen LogP contribution in [0.25, 0.3) is 0 Å². The third kappa shape index (κ3) is 37.7. The minimum atomic E-state index is -5.20. The Morgan fingerprint density at radius 3 is 0.600 bits per heavy atom. The van der Waals surface area contributed by atoms with Gasteiger partial charge in [-0.25, -0.2) is 4.39 Å². The van der Waals surface area contributed by atoms with E-state index in [9.17, 15) is 39.5 Å². The second-order valence-corrected chi connectivity index (χ2v) is 9.32. The molecule has 0 aromatic rings. The van der Waals surface area contributed by atoms with Crippen LogP contribution in [-0.2, 0) is 0 Å². The lowest BCUT2D eigenvalue weighted by Gasteiger charge is -2.13. The molecule has 0 amide bonds. The molecule has 0 spiro atoms. The predicted molar refractivity (Wildman–Crippen MR) is 85.9 cm³/mol. The Labute approximate surface area is 184 Å². The van der Waals surface area contributed by atoms with Gasteiger partial charge in [-0.2, -0.15) is 35.1 Å². The van der Waals surface area contributed by atoms with E-state index in [1.807, 2.05) is 0 Å². The highest BCUT2D eigenvalue weighted by Gasteiger charge is 2.53. The van der Waals surface area contributed by atoms with Gasteiger partial charge in [0.2, 0.25) is 5.09 Å². The van der Waals surface area contributed by atoms with Crippen LogP contribution in [-0.4, -0.2) is 29.9 Å². The SMILES string of the molecule is FC(Cl)(Cl)Cl.FC(Cl)Cl.FC(F)(F)C(Cl)(Cl)Cl.FC(F)(F)C(F)(Cl)Cl. The quantitative estimate of drug-likeness (QED) is 0.192. The minimum absolute atomic E-state index is 1.72. The van der Waals surface area contributed by atoms with Crippen LogP contribution >= 0.6 is 116 Å². The van der Waals surface area contributed by atoms with Gasteiger partial charge in [-0.05, 0) is 34.8 Å². The average molecular weight is 599 g/mol. The Morgan fingerprint density at radius 2 is 0.600 bits per heavy atom. The van der Waals surface area contributed by atoms with Crippen LogP contribution in [0.3, 0.4) is 0 Å². The maximum absolute atomic E-state index is 11.3. The average Bonchev–Trinajstić information content (AvgIpc) is 2.06. The van der Waals surface area contributed by atoms with Gasteiger partial charge in [-0.3, -0.25) is 0 Å². The fourth-order valence-electron chi connectivity index (χ4n) is 0. The molecule has 25 heavy (non-hydrogen) atoms. The Morgan fingerprint density at radius 1 is 0.520 bits per heavy atom. The molecule has 0 unspecified atom stereocenters. The molecule has 0 aliphatic heterocycles. The molecule has 0 atom stereocenters. The number of hydrogen-bond acceptors (Lipinski definition) is 0. The summed E-state index contributed by atoms with van der Waals surface area (Å²) in [4.78, 5) is 0. The molecule has 0 rings (SSSR count). The first-order valence-electron chi connectivity index (χ1n) is 4.18. The predicted octanol–water partition coefficient (Wildman–Crippen LogP) is 9.57. The topological polar surface area (TPSA) is 0 Å². The smallest absolute Gasteiger partial charge is 0.212 e. The normalized spacial score (nSPS) is 13.0. The summed E-state index contributed by atoms with van der Waals surface area (Å²) < 4.78 is 89.2. The van der Waals surface area contributed by atoms with Crippen LogP contribution in [0.15, 0.2) is 0 Å². The Bertz CT molecular complexity index is 265. The van der Waals surface area contributed by atoms with E-state index in [1.165, 1.54) is 0 Å². The third-order valence-electron chi connectivity index (χ3n) is 0.643. The zero-order valence-corrected chi connectivity index (χ0v) is 17.8. The Hall–Kier alpha value is 2.27. The summed E-state index contributed by atoms with van der Waals surface area (Å²) in [6.07, 6.45) is -9.96.